The number of hydrogen-bond donors (Lipinski definition) is 0. The zero-order chi connectivity index (χ0) is 23.7. The van der Waals surface area contributed by atoms with Crippen LogP contribution in [0.1, 0.15) is 95.1 Å². The number of unbranched alkanes of at least 4 members (excludes halogenated alkanes) is 11. The predicted molar refractivity (Wildman–Crippen MR) is 150 cm³/mol. The van der Waals surface area contributed by atoms with E-state index >= 15 is 0 Å². The topological polar surface area (TPSA) is 12.4 Å². The Morgan fingerprint density at radius 2 is 1.06 bits per heavy atom. The third kappa shape index (κ3) is 10.1. The Hall–Kier alpha value is -2.67. The maximum Gasteiger partial charge on any atom is 0.0630 e. The number of aryl methyl sites for hydroxylation is 1. The van der Waals surface area contributed by atoms with E-state index in [0.717, 1.165) is 11.3 Å². The first-order valence-electron chi connectivity index (χ1n) is 13.6. The van der Waals surface area contributed by atoms with E-state index < -0.39 is 0 Å². The first kappa shape index (κ1) is 25.9. The minimum absolute atomic E-state index is 0.986. The molecular formula is C33H43N. The first-order valence-corrected chi connectivity index (χ1v) is 13.6. The maximum absolute atomic E-state index is 4.65. The molecule has 0 spiro atoms. The Balaban J connectivity index is 1.28. The van der Waals surface area contributed by atoms with Gasteiger partial charge in [0.1, 0.15) is 0 Å². The van der Waals surface area contributed by atoms with E-state index in [9.17, 15) is 0 Å². The van der Waals surface area contributed by atoms with Gasteiger partial charge in [-0.1, -0.05) is 144 Å². The quantitative estimate of drug-likeness (QED) is 0.151. The smallest absolute Gasteiger partial charge is 0.0630 e. The van der Waals surface area contributed by atoms with Crippen LogP contribution in [0, 0.1) is 0 Å². The molecule has 0 aliphatic carbocycles. The summed E-state index contributed by atoms with van der Waals surface area (Å²) in [5.74, 6) is 0. The molecule has 0 bridgehead atoms. The van der Waals surface area contributed by atoms with Crippen LogP contribution in [0.4, 0.5) is 5.69 Å². The summed E-state index contributed by atoms with van der Waals surface area (Å²) in [7, 11) is 0. The highest BCUT2D eigenvalue weighted by molar-refractivity contribution is 5.82. The van der Waals surface area contributed by atoms with Crippen LogP contribution in [0.5, 0.6) is 0 Å². The predicted octanol–water partition coefficient (Wildman–Crippen LogP) is 10.3. The highest BCUT2D eigenvalue weighted by atomic mass is 14.7. The molecule has 0 heterocycles. The summed E-state index contributed by atoms with van der Waals surface area (Å²) in [5.41, 5.74) is 6.05. The minimum atomic E-state index is 0.986. The molecule has 180 valence electrons. The fourth-order valence-corrected chi connectivity index (χ4v) is 4.46. The highest BCUT2D eigenvalue weighted by Crippen LogP contribution is 2.22. The van der Waals surface area contributed by atoms with Gasteiger partial charge in [-0.3, -0.25) is 4.99 Å². The van der Waals surface area contributed by atoms with E-state index in [4.69, 9.17) is 0 Å². The van der Waals surface area contributed by atoms with Crippen LogP contribution in [-0.4, -0.2) is 6.21 Å². The Morgan fingerprint density at radius 1 is 0.529 bits per heavy atom. The number of nitrogens with zero attached hydrogens (tertiary/aromatic N) is 1. The van der Waals surface area contributed by atoms with Crippen LogP contribution in [0.3, 0.4) is 0 Å². The van der Waals surface area contributed by atoms with E-state index in [1.807, 2.05) is 12.3 Å². The zero-order valence-corrected chi connectivity index (χ0v) is 21.2. The van der Waals surface area contributed by atoms with Crippen molar-refractivity contribution in [2.75, 3.05) is 0 Å². The normalized spacial score (nSPS) is 11.3. The van der Waals surface area contributed by atoms with E-state index in [1.165, 1.54) is 100 Å². The van der Waals surface area contributed by atoms with Crippen molar-refractivity contribution in [3.63, 3.8) is 0 Å². The molecule has 3 rings (SSSR count). The number of benzene rings is 3. The van der Waals surface area contributed by atoms with Crippen LogP contribution < -0.4 is 0 Å². The third-order valence-corrected chi connectivity index (χ3v) is 6.64. The summed E-state index contributed by atoms with van der Waals surface area (Å²) in [6, 6.07) is 27.8. The molecule has 0 N–H and O–H groups in total. The SMILES string of the molecule is CCCCCCCCCCCCCCc1ccc(C=Nc2ccc(-c3ccccc3)cc2)cc1. The molecule has 1 nitrogen and oxygen atoms in total. The molecule has 0 saturated heterocycles. The van der Waals surface area contributed by atoms with E-state index in [1.54, 1.807) is 0 Å². The van der Waals surface area contributed by atoms with Crippen molar-refractivity contribution in [2.45, 2.75) is 90.4 Å². The van der Waals surface area contributed by atoms with Crippen LogP contribution >= 0.6 is 0 Å². The molecular weight excluding hydrogens is 410 g/mol. The lowest BCUT2D eigenvalue weighted by atomic mass is 10.0. The van der Waals surface area contributed by atoms with Crippen LogP contribution in [0.2, 0.25) is 0 Å². The van der Waals surface area contributed by atoms with Crippen molar-refractivity contribution >= 4 is 11.9 Å². The number of rotatable bonds is 16. The number of hydrogen-bond acceptors (Lipinski definition) is 1. The van der Waals surface area contributed by atoms with Crippen LogP contribution in [0.15, 0.2) is 83.9 Å². The summed E-state index contributed by atoms with van der Waals surface area (Å²) < 4.78 is 0. The molecule has 0 saturated carbocycles. The van der Waals surface area contributed by atoms with Gasteiger partial charge in [-0.25, -0.2) is 0 Å². The fourth-order valence-electron chi connectivity index (χ4n) is 4.46. The molecule has 3 aromatic rings. The fraction of sp³-hybridized carbons (Fsp3) is 0.424. The van der Waals surface area contributed by atoms with Gasteiger partial charge in [0.05, 0.1) is 5.69 Å². The van der Waals surface area contributed by atoms with E-state index in [2.05, 4.69) is 84.7 Å². The van der Waals surface area contributed by atoms with Gasteiger partial charge >= 0.3 is 0 Å². The van der Waals surface area contributed by atoms with Gasteiger partial charge in [0, 0.05) is 6.21 Å². The highest BCUT2D eigenvalue weighted by Gasteiger charge is 1.98. The second kappa shape index (κ2) is 16.0. The Morgan fingerprint density at radius 3 is 1.65 bits per heavy atom. The van der Waals surface area contributed by atoms with Crippen LogP contribution in [-0.2, 0) is 6.42 Å². The Kier molecular flexibility index (Phi) is 12.2. The first-order chi connectivity index (χ1) is 16.8. The van der Waals surface area contributed by atoms with Gasteiger partial charge < -0.3 is 0 Å². The van der Waals surface area contributed by atoms with E-state index in [-0.39, 0.29) is 0 Å². The van der Waals surface area contributed by atoms with Crippen molar-refractivity contribution in [1.82, 2.24) is 0 Å². The molecule has 0 aliphatic heterocycles. The summed E-state index contributed by atoms with van der Waals surface area (Å²) in [6.45, 7) is 2.29. The molecule has 34 heavy (non-hydrogen) atoms. The Labute approximate surface area is 208 Å². The molecule has 0 radical (unpaired) electrons. The lowest BCUT2D eigenvalue weighted by molar-refractivity contribution is 0.544. The monoisotopic (exact) mass is 453 g/mol. The summed E-state index contributed by atoms with van der Waals surface area (Å²) in [5, 5.41) is 0. The maximum atomic E-state index is 4.65. The van der Waals surface area contributed by atoms with Crippen molar-refractivity contribution in [2.24, 2.45) is 4.99 Å². The van der Waals surface area contributed by atoms with Crippen molar-refractivity contribution in [3.05, 3.63) is 90.0 Å². The van der Waals surface area contributed by atoms with Crippen LogP contribution in [0.25, 0.3) is 11.1 Å². The average molecular weight is 454 g/mol. The second-order valence-corrected chi connectivity index (χ2v) is 9.55. The van der Waals surface area contributed by atoms with Gasteiger partial charge in [0.25, 0.3) is 0 Å². The number of aliphatic imine (C=N–C) groups is 1. The molecule has 0 fully saturated rings. The van der Waals surface area contributed by atoms with E-state index in [0.29, 0.717) is 0 Å². The standard InChI is InChI=1S/C33H43N/c1-2-3-4-5-6-7-8-9-10-11-12-14-17-29-20-22-30(23-21-29)28-34-33-26-24-32(25-27-33)31-18-15-13-16-19-31/h13,15-16,18-28H,2-12,14,17H2,1H3. The second-order valence-electron chi connectivity index (χ2n) is 9.55. The average Bonchev–Trinajstić information content (AvgIpc) is 2.89. The van der Waals surface area contributed by atoms with Gasteiger partial charge in [-0.2, -0.15) is 0 Å². The van der Waals surface area contributed by atoms with Gasteiger partial charge in [-0.15, -0.1) is 0 Å². The minimum Gasteiger partial charge on any atom is -0.256 e. The Bertz CT molecular complexity index is 923. The molecule has 0 amide bonds. The summed E-state index contributed by atoms with van der Waals surface area (Å²) in [6.07, 6.45) is 20.0. The molecule has 0 unspecified atom stereocenters. The lowest BCUT2D eigenvalue weighted by Gasteiger charge is -2.04. The van der Waals surface area contributed by atoms with Gasteiger partial charge in [0.15, 0.2) is 0 Å². The molecule has 0 aromatic heterocycles. The van der Waals surface area contributed by atoms with Gasteiger partial charge in [0.2, 0.25) is 0 Å². The lowest BCUT2D eigenvalue weighted by Crippen LogP contribution is -1.88. The largest absolute Gasteiger partial charge is 0.256 e. The summed E-state index contributed by atoms with van der Waals surface area (Å²) >= 11 is 0. The van der Waals surface area contributed by atoms with Crippen molar-refractivity contribution in [1.29, 1.82) is 0 Å². The van der Waals surface area contributed by atoms with Crippen molar-refractivity contribution < 1.29 is 0 Å². The summed E-state index contributed by atoms with van der Waals surface area (Å²) in [4.78, 5) is 4.65. The van der Waals surface area contributed by atoms with Gasteiger partial charge in [-0.05, 0) is 47.2 Å². The zero-order valence-electron chi connectivity index (χ0n) is 21.2. The molecule has 3 aromatic carbocycles. The molecule has 0 atom stereocenters. The molecule has 0 aliphatic rings. The van der Waals surface area contributed by atoms with Crippen molar-refractivity contribution in [3.8, 4) is 11.1 Å². The molecule has 1 heteroatoms. The third-order valence-electron chi connectivity index (χ3n) is 6.64.